The van der Waals surface area contributed by atoms with Gasteiger partial charge < -0.3 is 10.5 Å². The number of hydrogen-bond acceptors (Lipinski definition) is 2. The molecule has 0 aliphatic carbocycles. The monoisotopic (exact) mass is 243 g/mol. The standard InChI is InChI=1S/C10H14BrNO/c1-2-13-9-3-4-10(11)8(7-9)5-6-12/h3-4,7H,2,5-6,12H2,1H3. The molecule has 0 bridgehead atoms. The maximum atomic E-state index is 5.49. The summed E-state index contributed by atoms with van der Waals surface area (Å²) >= 11 is 3.47. The molecule has 0 radical (unpaired) electrons. The van der Waals surface area contributed by atoms with Gasteiger partial charge in [0.25, 0.3) is 0 Å². The van der Waals surface area contributed by atoms with Gasteiger partial charge in [-0.25, -0.2) is 0 Å². The minimum absolute atomic E-state index is 0.661. The predicted octanol–water partition coefficient (Wildman–Crippen LogP) is 2.35. The highest BCUT2D eigenvalue weighted by atomic mass is 79.9. The van der Waals surface area contributed by atoms with Crippen molar-refractivity contribution in [2.24, 2.45) is 5.73 Å². The summed E-state index contributed by atoms with van der Waals surface area (Å²) in [6.07, 6.45) is 0.876. The molecule has 0 saturated heterocycles. The van der Waals surface area contributed by atoms with Gasteiger partial charge in [-0.05, 0) is 43.7 Å². The van der Waals surface area contributed by atoms with Crippen LogP contribution in [-0.4, -0.2) is 13.2 Å². The Labute approximate surface area is 87.2 Å². The number of ether oxygens (including phenoxy) is 1. The topological polar surface area (TPSA) is 35.2 Å². The van der Waals surface area contributed by atoms with Crippen molar-refractivity contribution in [1.82, 2.24) is 0 Å². The minimum atomic E-state index is 0.661. The number of halogens is 1. The fourth-order valence-electron chi connectivity index (χ4n) is 1.15. The van der Waals surface area contributed by atoms with Gasteiger partial charge in [0.05, 0.1) is 6.61 Å². The molecule has 0 spiro atoms. The van der Waals surface area contributed by atoms with E-state index in [1.807, 2.05) is 25.1 Å². The summed E-state index contributed by atoms with van der Waals surface area (Å²) in [5.74, 6) is 0.911. The Bertz CT molecular complexity index is 276. The fraction of sp³-hybridized carbons (Fsp3) is 0.400. The lowest BCUT2D eigenvalue weighted by atomic mass is 10.1. The maximum Gasteiger partial charge on any atom is 0.119 e. The molecule has 3 heteroatoms. The van der Waals surface area contributed by atoms with Crippen LogP contribution in [0.25, 0.3) is 0 Å². The van der Waals surface area contributed by atoms with Crippen LogP contribution < -0.4 is 10.5 Å². The number of nitrogens with two attached hydrogens (primary N) is 1. The van der Waals surface area contributed by atoms with Crippen LogP contribution in [0.15, 0.2) is 22.7 Å². The molecule has 2 nitrogen and oxygen atoms in total. The van der Waals surface area contributed by atoms with Crippen LogP contribution in [0.2, 0.25) is 0 Å². The molecule has 0 saturated carbocycles. The predicted molar refractivity (Wildman–Crippen MR) is 58.1 cm³/mol. The quantitative estimate of drug-likeness (QED) is 0.882. The molecule has 1 rings (SSSR count). The van der Waals surface area contributed by atoms with E-state index < -0.39 is 0 Å². The van der Waals surface area contributed by atoms with E-state index in [1.54, 1.807) is 0 Å². The van der Waals surface area contributed by atoms with Crippen molar-refractivity contribution in [2.75, 3.05) is 13.2 Å². The molecule has 0 aliphatic rings. The van der Waals surface area contributed by atoms with Crippen LogP contribution in [0.3, 0.4) is 0 Å². The van der Waals surface area contributed by atoms with Gasteiger partial charge in [-0.15, -0.1) is 0 Å². The van der Waals surface area contributed by atoms with Gasteiger partial charge in [-0.1, -0.05) is 15.9 Å². The van der Waals surface area contributed by atoms with E-state index in [4.69, 9.17) is 10.5 Å². The zero-order valence-corrected chi connectivity index (χ0v) is 9.30. The average Bonchev–Trinajstić information content (AvgIpc) is 2.12. The number of rotatable bonds is 4. The van der Waals surface area contributed by atoms with E-state index in [1.165, 1.54) is 5.56 Å². The minimum Gasteiger partial charge on any atom is -0.494 e. The van der Waals surface area contributed by atoms with E-state index in [0.29, 0.717) is 13.2 Å². The van der Waals surface area contributed by atoms with Gasteiger partial charge >= 0.3 is 0 Å². The first-order valence-electron chi connectivity index (χ1n) is 4.39. The van der Waals surface area contributed by atoms with E-state index in [9.17, 15) is 0 Å². The molecule has 2 N–H and O–H groups in total. The largest absolute Gasteiger partial charge is 0.494 e. The Morgan fingerprint density at radius 2 is 2.23 bits per heavy atom. The normalized spacial score (nSPS) is 10.1. The lowest BCUT2D eigenvalue weighted by molar-refractivity contribution is 0.340. The molecule has 0 fully saturated rings. The summed E-state index contributed by atoms with van der Waals surface area (Å²) in [7, 11) is 0. The Balaban J connectivity index is 2.83. The summed E-state index contributed by atoms with van der Waals surface area (Å²) in [4.78, 5) is 0. The molecule has 1 aromatic rings. The van der Waals surface area contributed by atoms with Gasteiger partial charge in [0, 0.05) is 4.47 Å². The third kappa shape index (κ3) is 3.01. The Hall–Kier alpha value is -0.540. The van der Waals surface area contributed by atoms with Crippen LogP contribution in [0, 0.1) is 0 Å². The van der Waals surface area contributed by atoms with E-state index >= 15 is 0 Å². The highest BCUT2D eigenvalue weighted by Gasteiger charge is 2.00. The molecule has 0 heterocycles. The van der Waals surface area contributed by atoms with Gasteiger partial charge in [-0.2, -0.15) is 0 Å². The molecule has 0 aromatic heterocycles. The van der Waals surface area contributed by atoms with Crippen LogP contribution in [-0.2, 0) is 6.42 Å². The molecule has 0 atom stereocenters. The first kappa shape index (κ1) is 10.5. The van der Waals surface area contributed by atoms with Crippen LogP contribution in [0.5, 0.6) is 5.75 Å². The van der Waals surface area contributed by atoms with Crippen molar-refractivity contribution in [3.63, 3.8) is 0 Å². The lowest BCUT2D eigenvalue weighted by Crippen LogP contribution is -2.03. The zero-order valence-electron chi connectivity index (χ0n) is 7.72. The molecule has 0 unspecified atom stereocenters. The Morgan fingerprint density at radius 3 is 2.85 bits per heavy atom. The lowest BCUT2D eigenvalue weighted by Gasteiger charge is -2.07. The molecule has 0 aliphatic heterocycles. The third-order valence-corrected chi connectivity index (χ3v) is 2.52. The maximum absolute atomic E-state index is 5.49. The van der Waals surface area contributed by atoms with Gasteiger partial charge in [0.1, 0.15) is 5.75 Å². The zero-order chi connectivity index (χ0) is 9.68. The SMILES string of the molecule is CCOc1ccc(Br)c(CCN)c1. The van der Waals surface area contributed by atoms with E-state index in [2.05, 4.69) is 15.9 Å². The van der Waals surface area contributed by atoms with E-state index in [0.717, 1.165) is 16.6 Å². The van der Waals surface area contributed by atoms with Crippen molar-refractivity contribution >= 4 is 15.9 Å². The second kappa shape index (κ2) is 5.25. The molecule has 1 aromatic carbocycles. The summed E-state index contributed by atoms with van der Waals surface area (Å²) in [5, 5.41) is 0. The van der Waals surface area contributed by atoms with Crippen molar-refractivity contribution in [1.29, 1.82) is 0 Å². The Kier molecular flexibility index (Phi) is 4.25. The molecular formula is C10H14BrNO. The third-order valence-electron chi connectivity index (χ3n) is 1.74. The van der Waals surface area contributed by atoms with E-state index in [-0.39, 0.29) is 0 Å². The second-order valence-electron chi connectivity index (χ2n) is 2.72. The number of benzene rings is 1. The highest BCUT2D eigenvalue weighted by Crippen LogP contribution is 2.22. The first-order chi connectivity index (χ1) is 6.27. The smallest absolute Gasteiger partial charge is 0.119 e. The summed E-state index contributed by atoms with van der Waals surface area (Å²) in [5.41, 5.74) is 6.69. The number of hydrogen-bond donors (Lipinski definition) is 1. The van der Waals surface area contributed by atoms with Crippen molar-refractivity contribution in [3.05, 3.63) is 28.2 Å². The van der Waals surface area contributed by atoms with Crippen LogP contribution in [0.1, 0.15) is 12.5 Å². The summed E-state index contributed by atoms with van der Waals surface area (Å²) < 4.78 is 6.48. The van der Waals surface area contributed by atoms with Crippen molar-refractivity contribution in [2.45, 2.75) is 13.3 Å². The van der Waals surface area contributed by atoms with Gasteiger partial charge in [-0.3, -0.25) is 0 Å². The molecular weight excluding hydrogens is 230 g/mol. The molecule has 0 amide bonds. The van der Waals surface area contributed by atoms with Crippen molar-refractivity contribution in [3.8, 4) is 5.75 Å². The Morgan fingerprint density at radius 1 is 1.46 bits per heavy atom. The first-order valence-corrected chi connectivity index (χ1v) is 5.18. The molecule has 13 heavy (non-hydrogen) atoms. The van der Waals surface area contributed by atoms with Gasteiger partial charge in [0.2, 0.25) is 0 Å². The summed E-state index contributed by atoms with van der Waals surface area (Å²) in [6, 6.07) is 5.98. The van der Waals surface area contributed by atoms with Crippen molar-refractivity contribution < 1.29 is 4.74 Å². The fourth-order valence-corrected chi connectivity index (χ4v) is 1.60. The average molecular weight is 244 g/mol. The van der Waals surface area contributed by atoms with Crippen LogP contribution >= 0.6 is 15.9 Å². The molecule has 72 valence electrons. The highest BCUT2D eigenvalue weighted by molar-refractivity contribution is 9.10. The second-order valence-corrected chi connectivity index (χ2v) is 3.58. The van der Waals surface area contributed by atoms with Crippen LogP contribution in [0.4, 0.5) is 0 Å². The summed E-state index contributed by atoms with van der Waals surface area (Å²) in [6.45, 7) is 3.34. The van der Waals surface area contributed by atoms with Gasteiger partial charge in [0.15, 0.2) is 0 Å².